The van der Waals surface area contributed by atoms with E-state index in [9.17, 15) is 0 Å². The van der Waals surface area contributed by atoms with Crippen LogP contribution in [0.1, 0.15) is 28.3 Å². The quantitative estimate of drug-likeness (QED) is 0.374. The van der Waals surface area contributed by atoms with Crippen LogP contribution in [0.15, 0.2) is 48.5 Å². The highest BCUT2D eigenvalue weighted by molar-refractivity contribution is 5.92. The largest absolute Gasteiger partial charge is 0.368 e. The Morgan fingerprint density at radius 1 is 0.806 bits per heavy atom. The van der Waals surface area contributed by atoms with E-state index in [4.69, 9.17) is 15.1 Å². The van der Waals surface area contributed by atoms with Gasteiger partial charge in [0.1, 0.15) is 0 Å². The fourth-order valence-corrected chi connectivity index (χ4v) is 5.23. The van der Waals surface area contributed by atoms with Crippen molar-refractivity contribution in [1.82, 2.24) is 29.4 Å². The summed E-state index contributed by atoms with van der Waals surface area (Å²) in [6, 6.07) is 16.9. The predicted octanol–water partition coefficient (Wildman–Crippen LogP) is 4.28. The number of para-hydroxylation sites is 1. The van der Waals surface area contributed by atoms with Gasteiger partial charge in [0, 0.05) is 55.9 Å². The fourth-order valence-electron chi connectivity index (χ4n) is 5.23. The molecule has 0 amide bonds. The molecule has 3 aromatic heterocycles. The number of rotatable bonds is 5. The van der Waals surface area contributed by atoms with Gasteiger partial charge in [-0.1, -0.05) is 24.3 Å². The average molecular weight is 481 g/mol. The average Bonchev–Trinajstić information content (AvgIpc) is 3.46. The molecule has 1 aliphatic heterocycles. The molecule has 0 unspecified atom stereocenters. The first-order valence-electron chi connectivity index (χ1n) is 12.7. The lowest BCUT2D eigenvalue weighted by Crippen LogP contribution is -2.47. The molecule has 1 saturated heterocycles. The Balaban J connectivity index is 1.31. The summed E-state index contributed by atoms with van der Waals surface area (Å²) in [5, 5.41) is 10.6. The second-order valence-electron chi connectivity index (χ2n) is 9.79. The summed E-state index contributed by atoms with van der Waals surface area (Å²) in [5.74, 6) is 1.69. The molecule has 0 saturated carbocycles. The van der Waals surface area contributed by atoms with Gasteiger partial charge in [-0.3, -0.25) is 4.68 Å². The molecule has 0 N–H and O–H groups in total. The molecule has 5 aromatic rings. The topological polar surface area (TPSA) is 67.4 Å². The van der Waals surface area contributed by atoms with Crippen LogP contribution in [0.25, 0.3) is 16.6 Å². The van der Waals surface area contributed by atoms with Crippen molar-refractivity contribution < 1.29 is 0 Å². The number of piperazine rings is 1. The number of hydrogen-bond donors (Lipinski definition) is 0. The highest BCUT2D eigenvalue weighted by atomic mass is 15.4. The van der Waals surface area contributed by atoms with Crippen LogP contribution in [0.4, 0.5) is 11.6 Å². The Hall–Kier alpha value is -3.94. The molecule has 1 aliphatic rings. The van der Waals surface area contributed by atoms with Gasteiger partial charge < -0.3 is 9.80 Å². The molecule has 8 nitrogen and oxygen atoms in total. The molecule has 6 rings (SSSR count). The number of aryl methyl sites for hydroxylation is 5. The van der Waals surface area contributed by atoms with Gasteiger partial charge in [0.25, 0.3) is 0 Å². The van der Waals surface area contributed by atoms with Gasteiger partial charge >= 0.3 is 0 Å². The minimum Gasteiger partial charge on any atom is -0.368 e. The molecule has 36 heavy (non-hydrogen) atoms. The van der Waals surface area contributed by atoms with Crippen molar-refractivity contribution in [1.29, 1.82) is 0 Å². The number of anilines is 2. The normalized spacial score (nSPS) is 14.3. The molecule has 184 valence electrons. The lowest BCUT2D eigenvalue weighted by molar-refractivity contribution is 0.580. The van der Waals surface area contributed by atoms with Gasteiger partial charge in [-0.15, -0.1) is 5.10 Å². The Labute approximate surface area is 211 Å². The Bertz CT molecular complexity index is 1560. The highest BCUT2D eigenvalue weighted by Gasteiger charge is 2.24. The van der Waals surface area contributed by atoms with E-state index in [0.29, 0.717) is 0 Å². The molecular formula is C28H32N8. The zero-order valence-electron chi connectivity index (χ0n) is 21.4. The van der Waals surface area contributed by atoms with Crippen LogP contribution >= 0.6 is 0 Å². The van der Waals surface area contributed by atoms with Gasteiger partial charge in [-0.2, -0.15) is 9.61 Å². The van der Waals surface area contributed by atoms with E-state index in [0.717, 1.165) is 78.9 Å². The zero-order valence-corrected chi connectivity index (χ0v) is 21.4. The van der Waals surface area contributed by atoms with Crippen LogP contribution in [-0.2, 0) is 13.0 Å². The van der Waals surface area contributed by atoms with E-state index in [1.54, 1.807) is 0 Å². The summed E-state index contributed by atoms with van der Waals surface area (Å²) >= 11 is 0. The van der Waals surface area contributed by atoms with Gasteiger partial charge in [0.05, 0.1) is 11.2 Å². The standard InChI is InChI=1S/C28H32N8/c1-19-8-7-11-25(22(19)4)33-14-16-34(17-15-33)28-29-24-10-6-5-9-23(24)27-30-26(32-36(27)28)12-13-35-21(3)18-20(2)31-35/h5-11,18H,12-17H2,1-4H3. The molecule has 0 atom stereocenters. The lowest BCUT2D eigenvalue weighted by atomic mass is 10.1. The van der Waals surface area contributed by atoms with Crippen LogP contribution in [-0.4, -0.2) is 55.5 Å². The van der Waals surface area contributed by atoms with E-state index >= 15 is 0 Å². The third-order valence-electron chi connectivity index (χ3n) is 7.34. The van der Waals surface area contributed by atoms with E-state index in [2.05, 4.69) is 72.1 Å². The minimum absolute atomic E-state index is 0.720. The molecule has 4 heterocycles. The lowest BCUT2D eigenvalue weighted by Gasteiger charge is -2.37. The van der Waals surface area contributed by atoms with E-state index < -0.39 is 0 Å². The smallest absolute Gasteiger partial charge is 0.229 e. The summed E-state index contributed by atoms with van der Waals surface area (Å²) < 4.78 is 3.98. The fraction of sp³-hybridized carbons (Fsp3) is 0.357. The number of nitrogens with zero attached hydrogens (tertiary/aromatic N) is 8. The first kappa shape index (κ1) is 22.5. The van der Waals surface area contributed by atoms with Crippen LogP contribution in [0.3, 0.4) is 0 Å². The van der Waals surface area contributed by atoms with Crippen molar-refractivity contribution in [3.05, 3.63) is 76.9 Å². The van der Waals surface area contributed by atoms with Crippen molar-refractivity contribution in [3.63, 3.8) is 0 Å². The third kappa shape index (κ3) is 3.96. The van der Waals surface area contributed by atoms with Gasteiger partial charge in [0.2, 0.25) is 5.95 Å². The summed E-state index contributed by atoms with van der Waals surface area (Å²) in [4.78, 5) is 14.9. The van der Waals surface area contributed by atoms with Crippen LogP contribution < -0.4 is 9.80 Å². The van der Waals surface area contributed by atoms with Crippen molar-refractivity contribution in [3.8, 4) is 0 Å². The van der Waals surface area contributed by atoms with Crippen LogP contribution in [0.2, 0.25) is 0 Å². The van der Waals surface area contributed by atoms with Crippen LogP contribution in [0, 0.1) is 27.7 Å². The van der Waals surface area contributed by atoms with Gasteiger partial charge in [-0.25, -0.2) is 9.97 Å². The number of fused-ring (bicyclic) bond motifs is 3. The van der Waals surface area contributed by atoms with Crippen molar-refractivity contribution in [2.24, 2.45) is 0 Å². The second kappa shape index (κ2) is 8.93. The van der Waals surface area contributed by atoms with E-state index in [-0.39, 0.29) is 0 Å². The molecule has 0 bridgehead atoms. The van der Waals surface area contributed by atoms with Gasteiger partial charge in [-0.05, 0) is 63.1 Å². The number of benzene rings is 2. The maximum absolute atomic E-state index is 5.06. The van der Waals surface area contributed by atoms with Crippen LogP contribution in [0.5, 0.6) is 0 Å². The van der Waals surface area contributed by atoms with Gasteiger partial charge in [0.15, 0.2) is 11.5 Å². The zero-order chi connectivity index (χ0) is 24.8. The minimum atomic E-state index is 0.720. The predicted molar refractivity (Wildman–Crippen MR) is 144 cm³/mol. The summed E-state index contributed by atoms with van der Waals surface area (Å²) in [6.07, 6.45) is 0.720. The molecular weight excluding hydrogens is 448 g/mol. The number of hydrogen-bond acceptors (Lipinski definition) is 6. The Kier molecular flexibility index (Phi) is 5.59. The third-order valence-corrected chi connectivity index (χ3v) is 7.34. The summed E-state index contributed by atoms with van der Waals surface area (Å²) in [6.45, 7) is 12.9. The van der Waals surface area contributed by atoms with E-state index in [1.165, 1.54) is 16.8 Å². The summed E-state index contributed by atoms with van der Waals surface area (Å²) in [5.41, 5.74) is 8.05. The maximum atomic E-state index is 5.06. The van der Waals surface area contributed by atoms with Crippen molar-refractivity contribution >= 4 is 28.2 Å². The van der Waals surface area contributed by atoms with Crippen molar-refractivity contribution in [2.75, 3.05) is 36.0 Å². The first-order chi connectivity index (χ1) is 17.5. The molecule has 0 radical (unpaired) electrons. The molecule has 8 heteroatoms. The Morgan fingerprint density at radius 2 is 1.58 bits per heavy atom. The first-order valence-corrected chi connectivity index (χ1v) is 12.7. The number of aromatic nitrogens is 6. The molecule has 1 fully saturated rings. The summed E-state index contributed by atoms with van der Waals surface area (Å²) in [7, 11) is 0. The SMILES string of the molecule is Cc1cc(C)n(CCc2nc3c4ccccc4nc(N4CCN(c5cccc(C)c5C)CC4)n3n2)n1. The maximum Gasteiger partial charge on any atom is 0.229 e. The Morgan fingerprint density at radius 3 is 2.36 bits per heavy atom. The molecule has 0 aliphatic carbocycles. The highest BCUT2D eigenvalue weighted by Crippen LogP contribution is 2.27. The monoisotopic (exact) mass is 480 g/mol. The molecule has 2 aromatic carbocycles. The van der Waals surface area contributed by atoms with E-state index in [1.807, 2.05) is 28.3 Å². The van der Waals surface area contributed by atoms with Crippen molar-refractivity contribution in [2.45, 2.75) is 40.7 Å². The molecule has 0 spiro atoms. The second-order valence-corrected chi connectivity index (χ2v) is 9.79.